The van der Waals surface area contributed by atoms with E-state index in [-0.39, 0.29) is 17.1 Å². The molecule has 0 aliphatic carbocycles. The first kappa shape index (κ1) is 18.0. The molecule has 0 saturated carbocycles. The van der Waals surface area contributed by atoms with Gasteiger partial charge in [-0.3, -0.25) is 9.48 Å². The number of anilines is 3. The number of carbonyl (C=O) groups is 1. The second-order valence-electron chi connectivity index (χ2n) is 5.71. The summed E-state index contributed by atoms with van der Waals surface area (Å²) in [5.74, 6) is 0.332. The van der Waals surface area contributed by atoms with Crippen molar-refractivity contribution in [2.24, 2.45) is 12.8 Å². The van der Waals surface area contributed by atoms with E-state index in [1.165, 1.54) is 19.4 Å². The van der Waals surface area contributed by atoms with E-state index >= 15 is 0 Å². The summed E-state index contributed by atoms with van der Waals surface area (Å²) < 4.78 is 6.73. The number of hydrogen-bond donors (Lipinski definition) is 4. The van der Waals surface area contributed by atoms with Gasteiger partial charge in [0.05, 0.1) is 24.6 Å². The number of aryl methyl sites for hydroxylation is 1. The van der Waals surface area contributed by atoms with Gasteiger partial charge in [0.15, 0.2) is 11.5 Å². The fourth-order valence-corrected chi connectivity index (χ4v) is 2.39. The van der Waals surface area contributed by atoms with Gasteiger partial charge < -0.3 is 26.2 Å². The van der Waals surface area contributed by atoms with Crippen molar-refractivity contribution in [3.8, 4) is 11.5 Å². The molecule has 5 N–H and O–H groups in total. The van der Waals surface area contributed by atoms with Crippen LogP contribution >= 0.6 is 0 Å². The minimum atomic E-state index is -0.645. The van der Waals surface area contributed by atoms with E-state index in [4.69, 9.17) is 10.5 Å². The first-order valence-corrected chi connectivity index (χ1v) is 7.98. The summed E-state index contributed by atoms with van der Waals surface area (Å²) >= 11 is 0. The second-order valence-corrected chi connectivity index (χ2v) is 5.71. The zero-order valence-corrected chi connectivity index (χ0v) is 14.8. The Labute approximate surface area is 155 Å². The number of nitrogens with two attached hydrogens (primary N) is 1. The number of aromatic nitrogens is 4. The molecule has 0 spiro atoms. The van der Waals surface area contributed by atoms with Crippen LogP contribution in [0.15, 0.2) is 36.8 Å². The van der Waals surface area contributed by atoms with E-state index in [1.807, 2.05) is 0 Å². The van der Waals surface area contributed by atoms with Gasteiger partial charge in [-0.25, -0.2) is 4.98 Å². The Morgan fingerprint density at radius 1 is 1.37 bits per heavy atom. The standard InChI is InChI=1S/C17H19N7O3/c1-24-9-11(7-21-24)22-17-20-8-12(15(18)26)16(23-17)19-6-10-3-4-13(25)14(5-10)27-2/h3-5,7-9,25H,6H2,1-2H3,(H2,18,26)(H2,19,20,22,23). The highest BCUT2D eigenvalue weighted by atomic mass is 16.5. The van der Waals surface area contributed by atoms with Crippen LogP contribution in [-0.2, 0) is 13.6 Å². The lowest BCUT2D eigenvalue weighted by Gasteiger charge is -2.12. The maximum atomic E-state index is 11.7. The van der Waals surface area contributed by atoms with Crippen molar-refractivity contribution < 1.29 is 14.6 Å². The number of phenolic OH excluding ortho intramolecular Hbond substituents is 1. The summed E-state index contributed by atoms with van der Waals surface area (Å²) in [7, 11) is 3.26. The van der Waals surface area contributed by atoms with Gasteiger partial charge in [-0.2, -0.15) is 10.1 Å². The number of ether oxygens (including phenoxy) is 1. The third-order valence-electron chi connectivity index (χ3n) is 3.72. The lowest BCUT2D eigenvalue weighted by molar-refractivity contribution is 0.100. The number of nitrogens with one attached hydrogen (secondary N) is 2. The Balaban J connectivity index is 1.81. The lowest BCUT2D eigenvalue weighted by atomic mass is 10.2. The quantitative estimate of drug-likeness (QED) is 0.489. The molecule has 2 aromatic heterocycles. The topological polar surface area (TPSA) is 140 Å². The summed E-state index contributed by atoms with van der Waals surface area (Å²) in [5, 5.41) is 19.8. The van der Waals surface area contributed by atoms with E-state index in [1.54, 1.807) is 36.3 Å². The van der Waals surface area contributed by atoms with Gasteiger partial charge in [0.1, 0.15) is 5.82 Å². The first-order chi connectivity index (χ1) is 13.0. The number of hydrogen-bond acceptors (Lipinski definition) is 8. The average Bonchev–Trinajstić information content (AvgIpc) is 3.05. The highest BCUT2D eigenvalue weighted by Gasteiger charge is 2.13. The molecule has 0 atom stereocenters. The molecule has 10 nitrogen and oxygen atoms in total. The van der Waals surface area contributed by atoms with E-state index in [9.17, 15) is 9.90 Å². The van der Waals surface area contributed by atoms with Crippen LogP contribution in [0.2, 0.25) is 0 Å². The van der Waals surface area contributed by atoms with Crippen LogP contribution in [0.3, 0.4) is 0 Å². The Morgan fingerprint density at radius 2 is 2.19 bits per heavy atom. The Kier molecular flexibility index (Phi) is 5.06. The minimum absolute atomic E-state index is 0.0454. The number of primary amides is 1. The molecule has 10 heteroatoms. The Bertz CT molecular complexity index is 971. The highest BCUT2D eigenvalue weighted by Crippen LogP contribution is 2.27. The van der Waals surface area contributed by atoms with Gasteiger partial charge in [-0.05, 0) is 17.7 Å². The smallest absolute Gasteiger partial charge is 0.254 e. The number of rotatable bonds is 7. The number of carbonyl (C=O) groups excluding carboxylic acids is 1. The number of aromatic hydroxyl groups is 1. The molecule has 1 aromatic carbocycles. The Morgan fingerprint density at radius 3 is 2.85 bits per heavy atom. The molecule has 0 saturated heterocycles. The van der Waals surface area contributed by atoms with Crippen LogP contribution < -0.4 is 21.1 Å². The number of nitrogens with zero attached hydrogens (tertiary/aromatic N) is 4. The SMILES string of the molecule is COc1cc(CNc2nc(Nc3cnn(C)c3)ncc2C(N)=O)ccc1O. The summed E-state index contributed by atoms with van der Waals surface area (Å²) in [6.45, 7) is 0.334. The fraction of sp³-hybridized carbons (Fsp3) is 0.176. The van der Waals surface area contributed by atoms with Crippen LogP contribution in [0.25, 0.3) is 0 Å². The van der Waals surface area contributed by atoms with E-state index in [0.717, 1.165) is 5.56 Å². The summed E-state index contributed by atoms with van der Waals surface area (Å²) in [6.07, 6.45) is 4.75. The molecule has 0 fully saturated rings. The average molecular weight is 369 g/mol. The maximum absolute atomic E-state index is 11.7. The van der Waals surface area contributed by atoms with Crippen molar-refractivity contribution in [3.63, 3.8) is 0 Å². The molecule has 0 bridgehead atoms. The first-order valence-electron chi connectivity index (χ1n) is 7.98. The molecular weight excluding hydrogens is 350 g/mol. The molecule has 1 amide bonds. The number of methoxy groups -OCH3 is 1. The van der Waals surface area contributed by atoms with Crippen LogP contribution in [0.4, 0.5) is 17.5 Å². The predicted molar refractivity (Wildman–Crippen MR) is 99.0 cm³/mol. The molecule has 0 aliphatic rings. The van der Waals surface area contributed by atoms with Crippen molar-refractivity contribution in [1.82, 2.24) is 19.7 Å². The molecule has 0 radical (unpaired) electrons. The molecule has 2 heterocycles. The van der Waals surface area contributed by atoms with Crippen LogP contribution in [0.5, 0.6) is 11.5 Å². The predicted octanol–water partition coefficient (Wildman–Crippen LogP) is 1.38. The zero-order chi connectivity index (χ0) is 19.4. The summed E-state index contributed by atoms with van der Waals surface area (Å²) in [4.78, 5) is 20.1. The molecule has 3 aromatic rings. The second kappa shape index (κ2) is 7.60. The normalized spacial score (nSPS) is 10.4. The van der Waals surface area contributed by atoms with Crippen molar-refractivity contribution in [1.29, 1.82) is 0 Å². The highest BCUT2D eigenvalue weighted by molar-refractivity contribution is 5.97. The number of amides is 1. The van der Waals surface area contributed by atoms with Gasteiger partial charge in [0, 0.05) is 26.0 Å². The van der Waals surface area contributed by atoms with E-state index < -0.39 is 5.91 Å². The summed E-state index contributed by atoms with van der Waals surface area (Å²) in [5.41, 5.74) is 7.10. The third kappa shape index (κ3) is 4.24. The molecular formula is C17H19N7O3. The molecule has 140 valence electrons. The minimum Gasteiger partial charge on any atom is -0.504 e. The van der Waals surface area contributed by atoms with Gasteiger partial charge in [-0.15, -0.1) is 0 Å². The van der Waals surface area contributed by atoms with E-state index in [0.29, 0.717) is 23.9 Å². The van der Waals surface area contributed by atoms with Gasteiger partial charge in [0.25, 0.3) is 5.91 Å². The van der Waals surface area contributed by atoms with Gasteiger partial charge >= 0.3 is 0 Å². The van der Waals surface area contributed by atoms with Crippen LogP contribution in [-0.4, -0.2) is 37.9 Å². The largest absolute Gasteiger partial charge is 0.504 e. The number of phenols is 1. The zero-order valence-electron chi connectivity index (χ0n) is 14.8. The van der Waals surface area contributed by atoms with Gasteiger partial charge in [0.2, 0.25) is 5.95 Å². The van der Waals surface area contributed by atoms with Crippen molar-refractivity contribution in [3.05, 3.63) is 47.9 Å². The Hall–Kier alpha value is -3.82. The van der Waals surface area contributed by atoms with Crippen molar-refractivity contribution >= 4 is 23.4 Å². The molecule has 3 rings (SSSR count). The van der Waals surface area contributed by atoms with E-state index in [2.05, 4.69) is 25.7 Å². The van der Waals surface area contributed by atoms with Crippen LogP contribution in [0.1, 0.15) is 15.9 Å². The van der Waals surface area contributed by atoms with Crippen LogP contribution in [0, 0.1) is 0 Å². The lowest BCUT2D eigenvalue weighted by Crippen LogP contribution is -2.17. The van der Waals surface area contributed by atoms with Crippen molar-refractivity contribution in [2.45, 2.75) is 6.54 Å². The monoisotopic (exact) mass is 369 g/mol. The summed E-state index contributed by atoms with van der Waals surface area (Å²) in [6, 6.07) is 4.94. The third-order valence-corrected chi connectivity index (χ3v) is 3.72. The van der Waals surface area contributed by atoms with Crippen molar-refractivity contribution in [2.75, 3.05) is 17.7 Å². The molecule has 0 unspecified atom stereocenters. The maximum Gasteiger partial charge on any atom is 0.254 e. The fourth-order valence-electron chi connectivity index (χ4n) is 2.39. The van der Waals surface area contributed by atoms with Gasteiger partial charge in [-0.1, -0.05) is 6.07 Å². The molecule has 0 aliphatic heterocycles. The molecule has 27 heavy (non-hydrogen) atoms. The number of benzene rings is 1.